The van der Waals surface area contributed by atoms with Crippen LogP contribution in [0, 0.1) is 6.92 Å². The van der Waals surface area contributed by atoms with Crippen LogP contribution in [0.1, 0.15) is 84.6 Å². The van der Waals surface area contributed by atoms with E-state index in [1.165, 1.54) is 0 Å². The van der Waals surface area contributed by atoms with E-state index < -0.39 is 10.0 Å². The second-order valence-corrected chi connectivity index (χ2v) is 9.67. The highest BCUT2D eigenvalue weighted by Gasteiger charge is 2.23. The number of nitrogens with zero attached hydrogens (tertiary/aromatic N) is 3. The van der Waals surface area contributed by atoms with E-state index in [9.17, 15) is 8.42 Å². The SMILES string of the molecule is CCCCN(CCCC)C(=NS(=O)(=O)c1ccc(C)cc1)N(CCCC)CCCC. The maximum Gasteiger partial charge on any atom is 0.285 e. The molecule has 0 unspecified atom stereocenters. The van der Waals surface area contributed by atoms with Crippen molar-refractivity contribution in [1.82, 2.24) is 9.80 Å². The van der Waals surface area contributed by atoms with Crippen molar-refractivity contribution in [1.29, 1.82) is 0 Å². The van der Waals surface area contributed by atoms with Gasteiger partial charge in [-0.05, 0) is 44.7 Å². The first-order valence-corrected chi connectivity index (χ1v) is 13.2. The van der Waals surface area contributed by atoms with Gasteiger partial charge in [-0.2, -0.15) is 8.42 Å². The van der Waals surface area contributed by atoms with Crippen molar-refractivity contribution in [3.05, 3.63) is 29.8 Å². The van der Waals surface area contributed by atoms with Crippen molar-refractivity contribution < 1.29 is 8.42 Å². The molecule has 5 nitrogen and oxygen atoms in total. The van der Waals surface area contributed by atoms with Gasteiger partial charge in [0.05, 0.1) is 4.90 Å². The molecule has 0 bridgehead atoms. The molecule has 6 heteroatoms. The lowest BCUT2D eigenvalue weighted by molar-refractivity contribution is 0.302. The summed E-state index contributed by atoms with van der Waals surface area (Å²) in [4.78, 5) is 4.69. The number of sulfonamides is 1. The van der Waals surface area contributed by atoms with Gasteiger partial charge in [-0.25, -0.2) is 0 Å². The Bertz CT molecular complexity index is 676. The van der Waals surface area contributed by atoms with Crippen LogP contribution in [0.15, 0.2) is 33.6 Å². The van der Waals surface area contributed by atoms with Crippen LogP contribution in [0.5, 0.6) is 0 Å². The monoisotopic (exact) mass is 437 g/mol. The van der Waals surface area contributed by atoms with Gasteiger partial charge in [0.15, 0.2) is 0 Å². The van der Waals surface area contributed by atoms with Crippen LogP contribution in [0.3, 0.4) is 0 Å². The van der Waals surface area contributed by atoms with E-state index in [1.54, 1.807) is 12.1 Å². The summed E-state index contributed by atoms with van der Waals surface area (Å²) in [6.07, 6.45) is 8.42. The van der Waals surface area contributed by atoms with Crippen LogP contribution in [0.4, 0.5) is 0 Å². The molecular weight excluding hydrogens is 394 g/mol. The highest BCUT2D eigenvalue weighted by atomic mass is 32.2. The minimum absolute atomic E-state index is 0.266. The van der Waals surface area contributed by atoms with Crippen LogP contribution in [0.2, 0.25) is 0 Å². The van der Waals surface area contributed by atoms with E-state index in [0.717, 1.165) is 83.1 Å². The number of rotatable bonds is 14. The first kappa shape index (κ1) is 26.5. The third-order valence-corrected chi connectivity index (χ3v) is 6.48. The van der Waals surface area contributed by atoms with E-state index in [4.69, 9.17) is 0 Å². The van der Waals surface area contributed by atoms with E-state index in [2.05, 4.69) is 41.9 Å². The molecule has 0 aliphatic carbocycles. The summed E-state index contributed by atoms with van der Waals surface area (Å²) in [6, 6.07) is 6.99. The molecule has 0 N–H and O–H groups in total. The molecule has 0 saturated carbocycles. The van der Waals surface area contributed by atoms with E-state index in [-0.39, 0.29) is 4.90 Å². The second-order valence-electron chi connectivity index (χ2n) is 8.07. The number of benzene rings is 1. The summed E-state index contributed by atoms with van der Waals surface area (Å²) >= 11 is 0. The van der Waals surface area contributed by atoms with E-state index in [0.29, 0.717) is 5.96 Å². The molecule has 0 aromatic heterocycles. The normalized spacial score (nSPS) is 11.4. The minimum atomic E-state index is -3.76. The molecule has 0 amide bonds. The fourth-order valence-corrected chi connectivity index (χ4v) is 4.24. The molecule has 0 saturated heterocycles. The Hall–Kier alpha value is -1.56. The Morgan fingerprint density at radius 3 is 1.43 bits per heavy atom. The van der Waals surface area contributed by atoms with Crippen LogP contribution in [-0.4, -0.2) is 50.4 Å². The summed E-state index contributed by atoms with van der Waals surface area (Å²) in [5, 5.41) is 0. The lowest BCUT2D eigenvalue weighted by Gasteiger charge is -2.34. The van der Waals surface area contributed by atoms with E-state index in [1.807, 2.05) is 19.1 Å². The molecule has 0 spiro atoms. The van der Waals surface area contributed by atoms with Crippen molar-refractivity contribution in [2.75, 3.05) is 26.2 Å². The molecule has 0 heterocycles. The lowest BCUT2D eigenvalue weighted by Crippen LogP contribution is -2.46. The second kappa shape index (κ2) is 14.4. The maximum absolute atomic E-state index is 13.2. The van der Waals surface area contributed by atoms with Crippen molar-refractivity contribution in [3.63, 3.8) is 0 Å². The van der Waals surface area contributed by atoms with Gasteiger partial charge in [-0.15, -0.1) is 4.40 Å². The zero-order valence-electron chi connectivity index (χ0n) is 19.9. The van der Waals surface area contributed by atoms with Gasteiger partial charge < -0.3 is 9.80 Å². The number of aryl methyl sites for hydroxylation is 1. The van der Waals surface area contributed by atoms with Gasteiger partial charge in [0.25, 0.3) is 10.0 Å². The van der Waals surface area contributed by atoms with Gasteiger partial charge in [0, 0.05) is 26.2 Å². The number of guanidine groups is 1. The zero-order valence-corrected chi connectivity index (χ0v) is 20.7. The Morgan fingerprint density at radius 2 is 1.10 bits per heavy atom. The summed E-state index contributed by atoms with van der Waals surface area (Å²) in [6.45, 7) is 14.0. The highest BCUT2D eigenvalue weighted by molar-refractivity contribution is 7.90. The molecule has 1 rings (SSSR count). The summed E-state index contributed by atoms with van der Waals surface area (Å²) in [7, 11) is -3.76. The third-order valence-electron chi connectivity index (χ3n) is 5.21. The molecule has 172 valence electrons. The number of hydrogen-bond acceptors (Lipinski definition) is 2. The molecular formula is C24H43N3O2S. The quantitative estimate of drug-likeness (QED) is 0.271. The minimum Gasteiger partial charge on any atom is -0.342 e. The molecule has 30 heavy (non-hydrogen) atoms. The van der Waals surface area contributed by atoms with Gasteiger partial charge in [-0.3, -0.25) is 0 Å². The Kier molecular flexibility index (Phi) is 12.7. The third kappa shape index (κ3) is 9.07. The predicted molar refractivity (Wildman–Crippen MR) is 129 cm³/mol. The summed E-state index contributed by atoms with van der Waals surface area (Å²) in [5.41, 5.74) is 1.04. The van der Waals surface area contributed by atoms with Crippen LogP contribution in [-0.2, 0) is 10.0 Å². The lowest BCUT2D eigenvalue weighted by atomic mass is 10.2. The van der Waals surface area contributed by atoms with E-state index >= 15 is 0 Å². The van der Waals surface area contributed by atoms with Crippen molar-refractivity contribution in [2.45, 2.75) is 90.9 Å². The molecule has 0 atom stereocenters. The highest BCUT2D eigenvalue weighted by Crippen LogP contribution is 2.17. The first-order valence-electron chi connectivity index (χ1n) is 11.8. The Balaban J connectivity index is 3.41. The van der Waals surface area contributed by atoms with Gasteiger partial charge in [0.1, 0.15) is 0 Å². The van der Waals surface area contributed by atoms with Crippen LogP contribution >= 0.6 is 0 Å². The topological polar surface area (TPSA) is 53.0 Å². The predicted octanol–water partition coefficient (Wildman–Crippen LogP) is 5.84. The Morgan fingerprint density at radius 1 is 0.733 bits per heavy atom. The Labute approximate surface area is 185 Å². The molecule has 0 aliphatic heterocycles. The van der Waals surface area contributed by atoms with Crippen molar-refractivity contribution >= 4 is 16.0 Å². The van der Waals surface area contributed by atoms with Gasteiger partial charge >= 0.3 is 0 Å². The standard InChI is InChI=1S/C24H43N3O2S/c1-6-10-18-26(19-11-7-2)24(27(20-12-8-3)21-13-9-4)25-30(28,29)23-16-14-22(5)15-17-23/h14-17H,6-13,18-21H2,1-5H3. The van der Waals surface area contributed by atoms with Gasteiger partial charge in [0.2, 0.25) is 5.96 Å². The smallest absolute Gasteiger partial charge is 0.285 e. The fourth-order valence-electron chi connectivity index (χ4n) is 3.21. The first-order chi connectivity index (χ1) is 14.4. The molecule has 0 fully saturated rings. The molecule has 0 radical (unpaired) electrons. The van der Waals surface area contributed by atoms with Crippen LogP contribution in [0.25, 0.3) is 0 Å². The fraction of sp³-hybridized carbons (Fsp3) is 0.708. The average molecular weight is 438 g/mol. The number of hydrogen-bond donors (Lipinski definition) is 0. The van der Waals surface area contributed by atoms with Crippen molar-refractivity contribution in [3.8, 4) is 0 Å². The zero-order chi connectivity index (χ0) is 22.4. The van der Waals surface area contributed by atoms with Crippen molar-refractivity contribution in [2.24, 2.45) is 4.40 Å². The van der Waals surface area contributed by atoms with Gasteiger partial charge in [-0.1, -0.05) is 71.1 Å². The maximum atomic E-state index is 13.2. The van der Waals surface area contributed by atoms with Crippen LogP contribution < -0.4 is 0 Å². The largest absolute Gasteiger partial charge is 0.342 e. The summed E-state index contributed by atoms with van der Waals surface area (Å²) in [5.74, 6) is 0.638. The summed E-state index contributed by atoms with van der Waals surface area (Å²) < 4.78 is 30.9. The average Bonchev–Trinajstić information content (AvgIpc) is 2.73. The molecule has 1 aromatic carbocycles. The molecule has 1 aromatic rings. The molecule has 0 aliphatic rings. The number of unbranched alkanes of at least 4 members (excludes halogenated alkanes) is 4.